The summed E-state index contributed by atoms with van der Waals surface area (Å²) in [7, 11) is 0. The summed E-state index contributed by atoms with van der Waals surface area (Å²) in [4.78, 5) is 0. The van der Waals surface area contributed by atoms with Crippen molar-refractivity contribution in [1.29, 1.82) is 0 Å². The van der Waals surface area contributed by atoms with Crippen LogP contribution in [0.2, 0.25) is 0 Å². The lowest BCUT2D eigenvalue weighted by Crippen LogP contribution is -2.22. The number of ether oxygens (including phenoxy) is 1. The third kappa shape index (κ3) is 11.9. The molecule has 80 valence electrons. The minimum absolute atomic E-state index is 0.316. The average Bonchev–Trinajstić information content (AvgIpc) is 2.09. The predicted octanol–water partition coefficient (Wildman–Crippen LogP) is 1.16. The molecule has 3 heteroatoms. The first kappa shape index (κ1) is 12.9. The van der Waals surface area contributed by atoms with E-state index in [2.05, 4.69) is 5.32 Å². The lowest BCUT2D eigenvalue weighted by atomic mass is 10.2. The second-order valence-electron chi connectivity index (χ2n) is 3.45. The minimum atomic E-state index is 0.316. The Kier molecular flexibility index (Phi) is 9.87. The van der Waals surface area contributed by atoms with Crippen LogP contribution in [0.15, 0.2) is 0 Å². The molecule has 0 saturated heterocycles. The Balaban J connectivity index is 2.84. The second-order valence-corrected chi connectivity index (χ2v) is 3.45. The van der Waals surface area contributed by atoms with Gasteiger partial charge in [-0.25, -0.2) is 0 Å². The Morgan fingerprint density at radius 3 is 2.54 bits per heavy atom. The van der Waals surface area contributed by atoms with Gasteiger partial charge in [-0.05, 0) is 39.7 Å². The first-order valence-electron chi connectivity index (χ1n) is 5.20. The number of unbranched alkanes of at least 4 members (excludes halogenated alkanes) is 2. The number of nitrogens with one attached hydrogen (secondary N) is 1. The molecule has 0 saturated carbocycles. The Morgan fingerprint density at radius 2 is 1.92 bits per heavy atom. The molecule has 0 aliphatic rings. The van der Waals surface area contributed by atoms with Crippen LogP contribution in [0.3, 0.4) is 0 Å². The molecule has 0 aliphatic heterocycles. The largest absolute Gasteiger partial charge is 0.396 e. The van der Waals surface area contributed by atoms with Gasteiger partial charge in [-0.3, -0.25) is 0 Å². The van der Waals surface area contributed by atoms with E-state index < -0.39 is 0 Å². The zero-order valence-electron chi connectivity index (χ0n) is 8.88. The van der Waals surface area contributed by atoms with Crippen molar-refractivity contribution in [2.75, 3.05) is 26.3 Å². The third-order valence-corrected chi connectivity index (χ3v) is 1.74. The van der Waals surface area contributed by atoms with Crippen LogP contribution in [0, 0.1) is 0 Å². The maximum absolute atomic E-state index is 8.53. The molecule has 0 amide bonds. The van der Waals surface area contributed by atoms with E-state index in [1.54, 1.807) is 0 Å². The van der Waals surface area contributed by atoms with E-state index in [1.807, 2.05) is 13.8 Å². The summed E-state index contributed by atoms with van der Waals surface area (Å²) in [6, 6.07) is 0. The summed E-state index contributed by atoms with van der Waals surface area (Å²) in [5.74, 6) is 0. The first-order chi connectivity index (χ1) is 6.27. The normalized spacial score (nSPS) is 11.1. The molecule has 0 spiro atoms. The van der Waals surface area contributed by atoms with Gasteiger partial charge in [-0.2, -0.15) is 0 Å². The third-order valence-electron chi connectivity index (χ3n) is 1.74. The molecule has 0 aromatic carbocycles. The van der Waals surface area contributed by atoms with Gasteiger partial charge in [0, 0.05) is 13.2 Å². The monoisotopic (exact) mass is 189 g/mol. The molecule has 3 nitrogen and oxygen atoms in total. The molecule has 0 unspecified atom stereocenters. The second kappa shape index (κ2) is 9.96. The lowest BCUT2D eigenvalue weighted by Gasteiger charge is -2.08. The van der Waals surface area contributed by atoms with Crippen LogP contribution >= 0.6 is 0 Å². The van der Waals surface area contributed by atoms with Crippen molar-refractivity contribution in [3.8, 4) is 0 Å². The number of aliphatic hydroxyl groups excluding tert-OH is 1. The van der Waals surface area contributed by atoms with Crippen LogP contribution in [0.25, 0.3) is 0 Å². The van der Waals surface area contributed by atoms with E-state index in [4.69, 9.17) is 9.84 Å². The topological polar surface area (TPSA) is 41.5 Å². The van der Waals surface area contributed by atoms with Gasteiger partial charge in [0.05, 0.1) is 12.7 Å². The van der Waals surface area contributed by atoms with E-state index in [9.17, 15) is 0 Å². The van der Waals surface area contributed by atoms with Crippen molar-refractivity contribution in [2.45, 2.75) is 39.2 Å². The Labute approximate surface area is 81.5 Å². The maximum atomic E-state index is 8.53. The molecule has 0 bridgehead atoms. The molecule has 0 aromatic rings. The highest BCUT2D eigenvalue weighted by Gasteiger charge is 1.92. The van der Waals surface area contributed by atoms with Crippen molar-refractivity contribution in [3.63, 3.8) is 0 Å². The standard InChI is InChI=1S/C10H23NO2/c1-10(2)13-9-7-11-6-4-3-5-8-12/h10-12H,3-9H2,1-2H3. The highest BCUT2D eigenvalue weighted by Crippen LogP contribution is 1.91. The van der Waals surface area contributed by atoms with Crippen molar-refractivity contribution in [3.05, 3.63) is 0 Å². The van der Waals surface area contributed by atoms with Crippen molar-refractivity contribution in [1.82, 2.24) is 5.32 Å². The summed E-state index contributed by atoms with van der Waals surface area (Å²) >= 11 is 0. The van der Waals surface area contributed by atoms with Gasteiger partial charge >= 0.3 is 0 Å². The highest BCUT2D eigenvalue weighted by atomic mass is 16.5. The molecule has 0 aromatic heterocycles. The first-order valence-corrected chi connectivity index (χ1v) is 5.20. The van der Waals surface area contributed by atoms with Gasteiger partial charge < -0.3 is 15.2 Å². The fraction of sp³-hybridized carbons (Fsp3) is 1.00. The zero-order valence-corrected chi connectivity index (χ0v) is 8.88. The summed E-state index contributed by atoms with van der Waals surface area (Å²) in [5, 5.41) is 11.8. The molecule has 0 aliphatic carbocycles. The quantitative estimate of drug-likeness (QED) is 0.535. The summed E-state index contributed by atoms with van der Waals surface area (Å²) in [6.45, 7) is 7.15. The molecular formula is C10H23NO2. The molecule has 0 fully saturated rings. The van der Waals surface area contributed by atoms with E-state index in [0.29, 0.717) is 12.7 Å². The molecule has 0 radical (unpaired) electrons. The molecule has 0 heterocycles. The maximum Gasteiger partial charge on any atom is 0.0594 e. The van der Waals surface area contributed by atoms with E-state index >= 15 is 0 Å². The molecular weight excluding hydrogens is 166 g/mol. The van der Waals surface area contributed by atoms with Gasteiger partial charge in [-0.15, -0.1) is 0 Å². The molecule has 0 atom stereocenters. The predicted molar refractivity (Wildman–Crippen MR) is 54.9 cm³/mol. The Bertz CT molecular complexity index is 96.9. The number of rotatable bonds is 9. The van der Waals surface area contributed by atoms with Crippen LogP contribution in [-0.4, -0.2) is 37.5 Å². The van der Waals surface area contributed by atoms with E-state index in [0.717, 1.165) is 39.0 Å². The summed E-state index contributed by atoms with van der Waals surface area (Å²) in [6.07, 6.45) is 3.50. The SMILES string of the molecule is CC(C)OCCNCCCCCO. The average molecular weight is 189 g/mol. The van der Waals surface area contributed by atoms with Crippen molar-refractivity contribution < 1.29 is 9.84 Å². The van der Waals surface area contributed by atoms with Gasteiger partial charge in [-0.1, -0.05) is 0 Å². The summed E-state index contributed by atoms with van der Waals surface area (Å²) < 4.78 is 5.37. The van der Waals surface area contributed by atoms with Gasteiger partial charge in [0.2, 0.25) is 0 Å². The van der Waals surface area contributed by atoms with Gasteiger partial charge in [0.15, 0.2) is 0 Å². The van der Waals surface area contributed by atoms with Crippen LogP contribution < -0.4 is 5.32 Å². The smallest absolute Gasteiger partial charge is 0.0594 e. The van der Waals surface area contributed by atoms with Crippen LogP contribution in [-0.2, 0) is 4.74 Å². The Hall–Kier alpha value is -0.120. The number of hydrogen-bond donors (Lipinski definition) is 2. The molecule has 13 heavy (non-hydrogen) atoms. The van der Waals surface area contributed by atoms with Crippen molar-refractivity contribution >= 4 is 0 Å². The zero-order chi connectivity index (χ0) is 9.94. The lowest BCUT2D eigenvalue weighted by molar-refractivity contribution is 0.0808. The highest BCUT2D eigenvalue weighted by molar-refractivity contribution is 4.48. The van der Waals surface area contributed by atoms with Crippen LogP contribution in [0.4, 0.5) is 0 Å². The number of aliphatic hydroxyl groups is 1. The van der Waals surface area contributed by atoms with E-state index in [1.165, 1.54) is 0 Å². The van der Waals surface area contributed by atoms with Gasteiger partial charge in [0.25, 0.3) is 0 Å². The van der Waals surface area contributed by atoms with E-state index in [-0.39, 0.29) is 0 Å². The fourth-order valence-corrected chi connectivity index (χ4v) is 1.03. The Morgan fingerprint density at radius 1 is 1.15 bits per heavy atom. The molecule has 0 rings (SSSR count). The summed E-state index contributed by atoms with van der Waals surface area (Å²) in [5.41, 5.74) is 0. The minimum Gasteiger partial charge on any atom is -0.396 e. The number of hydrogen-bond acceptors (Lipinski definition) is 3. The van der Waals surface area contributed by atoms with Crippen LogP contribution in [0.1, 0.15) is 33.1 Å². The molecule has 2 N–H and O–H groups in total. The van der Waals surface area contributed by atoms with Crippen molar-refractivity contribution in [2.24, 2.45) is 0 Å². The van der Waals surface area contributed by atoms with Gasteiger partial charge in [0.1, 0.15) is 0 Å². The van der Waals surface area contributed by atoms with Crippen LogP contribution in [0.5, 0.6) is 0 Å². The fourth-order valence-electron chi connectivity index (χ4n) is 1.03.